The van der Waals surface area contributed by atoms with Crippen LogP contribution in [-0.4, -0.2) is 64.9 Å². The first-order chi connectivity index (χ1) is 17.0. The summed E-state index contributed by atoms with van der Waals surface area (Å²) in [6, 6.07) is 14.1. The summed E-state index contributed by atoms with van der Waals surface area (Å²) in [5.41, 5.74) is 1.06. The van der Waals surface area contributed by atoms with E-state index in [1.807, 2.05) is 36.1 Å². The normalized spacial score (nSPS) is 23.9. The quantitative estimate of drug-likeness (QED) is 0.726. The SMILES string of the molecule is C[C@@H]1CN2C(=O)CCN(C(=O)NCc3cccc4ccccc34)C2CN(CC2CCCCC2)C1=O. The number of carbonyl (C=O) groups is 3. The first kappa shape index (κ1) is 23.6. The Morgan fingerprint density at radius 2 is 1.77 bits per heavy atom. The number of amides is 4. The van der Waals surface area contributed by atoms with E-state index in [2.05, 4.69) is 23.5 Å². The van der Waals surface area contributed by atoms with Gasteiger partial charge in [0, 0.05) is 32.6 Å². The first-order valence-electron chi connectivity index (χ1n) is 13.1. The lowest BCUT2D eigenvalue weighted by molar-refractivity contribution is -0.142. The van der Waals surface area contributed by atoms with Gasteiger partial charge in [-0.2, -0.15) is 0 Å². The third-order valence-corrected chi connectivity index (χ3v) is 7.97. The van der Waals surface area contributed by atoms with Crippen molar-refractivity contribution in [3.05, 3.63) is 48.0 Å². The van der Waals surface area contributed by atoms with Crippen LogP contribution in [-0.2, 0) is 16.1 Å². The molecule has 2 aromatic carbocycles. The van der Waals surface area contributed by atoms with Crippen LogP contribution in [0, 0.1) is 11.8 Å². The van der Waals surface area contributed by atoms with Crippen LogP contribution in [0.25, 0.3) is 10.8 Å². The van der Waals surface area contributed by atoms with E-state index in [4.69, 9.17) is 0 Å². The number of benzene rings is 2. The van der Waals surface area contributed by atoms with Crippen molar-refractivity contribution in [2.45, 2.75) is 58.2 Å². The van der Waals surface area contributed by atoms with E-state index in [0.29, 0.717) is 38.5 Å². The zero-order valence-corrected chi connectivity index (χ0v) is 20.6. The molecule has 1 saturated carbocycles. The number of nitrogens with zero attached hydrogens (tertiary/aromatic N) is 3. The minimum absolute atomic E-state index is 0.0345. The Labute approximate surface area is 207 Å². The van der Waals surface area contributed by atoms with Crippen LogP contribution in [0.3, 0.4) is 0 Å². The lowest BCUT2D eigenvalue weighted by Gasteiger charge is -2.43. The Morgan fingerprint density at radius 1 is 1.00 bits per heavy atom. The van der Waals surface area contributed by atoms with E-state index in [0.717, 1.165) is 35.7 Å². The zero-order chi connectivity index (χ0) is 24.4. The van der Waals surface area contributed by atoms with Crippen molar-refractivity contribution < 1.29 is 14.4 Å². The van der Waals surface area contributed by atoms with Crippen molar-refractivity contribution in [3.8, 4) is 0 Å². The number of urea groups is 1. The molecule has 1 unspecified atom stereocenters. The second kappa shape index (κ2) is 10.3. The highest BCUT2D eigenvalue weighted by atomic mass is 16.2. The predicted molar refractivity (Wildman–Crippen MR) is 135 cm³/mol. The number of rotatable bonds is 4. The van der Waals surface area contributed by atoms with Crippen LogP contribution in [0.1, 0.15) is 51.0 Å². The fourth-order valence-corrected chi connectivity index (χ4v) is 6.04. The van der Waals surface area contributed by atoms with Crippen molar-refractivity contribution in [2.75, 3.05) is 26.2 Å². The molecule has 3 fully saturated rings. The third-order valence-electron chi connectivity index (χ3n) is 7.97. The van der Waals surface area contributed by atoms with Gasteiger partial charge in [0.15, 0.2) is 0 Å². The fraction of sp³-hybridized carbons (Fsp3) is 0.536. The smallest absolute Gasteiger partial charge is 0.319 e. The highest BCUT2D eigenvalue weighted by Gasteiger charge is 2.43. The molecule has 2 atom stereocenters. The predicted octanol–water partition coefficient (Wildman–Crippen LogP) is 3.97. The average molecular weight is 477 g/mol. The van der Waals surface area contributed by atoms with Crippen LogP contribution in [0.2, 0.25) is 0 Å². The van der Waals surface area contributed by atoms with Gasteiger partial charge < -0.3 is 20.0 Å². The summed E-state index contributed by atoms with van der Waals surface area (Å²) in [4.78, 5) is 45.0. The lowest BCUT2D eigenvalue weighted by atomic mass is 9.88. The summed E-state index contributed by atoms with van der Waals surface area (Å²) in [6.07, 6.45) is 5.90. The van der Waals surface area contributed by atoms with Gasteiger partial charge in [-0.15, -0.1) is 0 Å². The van der Waals surface area contributed by atoms with Crippen molar-refractivity contribution in [1.29, 1.82) is 0 Å². The Bertz CT molecular complexity index is 1090. The molecule has 186 valence electrons. The maximum atomic E-state index is 13.4. The van der Waals surface area contributed by atoms with Crippen LogP contribution in [0.4, 0.5) is 4.79 Å². The largest absolute Gasteiger partial charge is 0.338 e. The van der Waals surface area contributed by atoms with E-state index in [1.54, 1.807) is 9.80 Å². The molecular formula is C28H36N4O3. The monoisotopic (exact) mass is 476 g/mol. The third kappa shape index (κ3) is 5.00. The molecule has 1 aliphatic carbocycles. The number of carbonyl (C=O) groups excluding carboxylic acids is 3. The van der Waals surface area contributed by atoms with Gasteiger partial charge in [-0.05, 0) is 35.1 Å². The Morgan fingerprint density at radius 3 is 2.60 bits per heavy atom. The minimum Gasteiger partial charge on any atom is -0.338 e. The van der Waals surface area contributed by atoms with Crippen molar-refractivity contribution in [2.24, 2.45) is 11.8 Å². The molecule has 2 heterocycles. The molecule has 7 heteroatoms. The molecule has 2 aromatic rings. The molecule has 7 nitrogen and oxygen atoms in total. The van der Waals surface area contributed by atoms with Gasteiger partial charge in [-0.3, -0.25) is 9.59 Å². The number of fused-ring (bicyclic) bond motifs is 2. The summed E-state index contributed by atoms with van der Waals surface area (Å²) in [5, 5.41) is 5.36. The highest BCUT2D eigenvalue weighted by molar-refractivity contribution is 5.87. The summed E-state index contributed by atoms with van der Waals surface area (Å²) < 4.78 is 0. The summed E-state index contributed by atoms with van der Waals surface area (Å²) in [6.45, 7) is 4.20. The summed E-state index contributed by atoms with van der Waals surface area (Å²) >= 11 is 0. The van der Waals surface area contributed by atoms with Gasteiger partial charge in [-0.1, -0.05) is 68.7 Å². The zero-order valence-electron chi connectivity index (χ0n) is 20.6. The minimum atomic E-state index is -0.416. The van der Waals surface area contributed by atoms with Crippen LogP contribution < -0.4 is 5.32 Å². The van der Waals surface area contributed by atoms with Crippen molar-refractivity contribution >= 4 is 28.6 Å². The van der Waals surface area contributed by atoms with Gasteiger partial charge in [0.05, 0.1) is 12.5 Å². The first-order valence-corrected chi connectivity index (χ1v) is 13.1. The van der Waals surface area contributed by atoms with Crippen LogP contribution in [0.15, 0.2) is 42.5 Å². The molecule has 3 aliphatic rings. The van der Waals surface area contributed by atoms with Gasteiger partial charge in [0.1, 0.15) is 6.17 Å². The Hall–Kier alpha value is -3.09. The van der Waals surface area contributed by atoms with Crippen molar-refractivity contribution in [3.63, 3.8) is 0 Å². The molecule has 0 aromatic heterocycles. The number of nitrogens with one attached hydrogen (secondary N) is 1. The second-order valence-electron chi connectivity index (χ2n) is 10.4. The highest BCUT2D eigenvalue weighted by Crippen LogP contribution is 2.28. The molecule has 2 aliphatic heterocycles. The molecular weight excluding hydrogens is 440 g/mol. The molecule has 0 radical (unpaired) electrons. The molecule has 1 N–H and O–H groups in total. The van der Waals surface area contributed by atoms with Crippen molar-refractivity contribution in [1.82, 2.24) is 20.0 Å². The van der Waals surface area contributed by atoms with E-state index >= 15 is 0 Å². The van der Waals surface area contributed by atoms with Gasteiger partial charge in [-0.25, -0.2) is 4.79 Å². The Kier molecular flexibility index (Phi) is 6.93. The van der Waals surface area contributed by atoms with Gasteiger partial charge in [0.2, 0.25) is 11.8 Å². The molecule has 4 amide bonds. The van der Waals surface area contributed by atoms with E-state index < -0.39 is 6.17 Å². The number of hydrogen-bond donors (Lipinski definition) is 1. The molecule has 2 saturated heterocycles. The maximum Gasteiger partial charge on any atom is 0.319 e. The average Bonchev–Trinajstić information content (AvgIpc) is 3.00. The molecule has 5 rings (SSSR count). The maximum absolute atomic E-state index is 13.4. The van der Waals surface area contributed by atoms with Gasteiger partial charge in [0.25, 0.3) is 0 Å². The molecule has 0 spiro atoms. The standard InChI is InChI=1S/C28H36N4O3/c1-20-17-32-25(19-30(27(20)34)18-21-8-3-2-4-9-21)31(15-14-26(32)33)28(35)29-16-23-12-7-11-22-10-5-6-13-24(22)23/h5-7,10-13,20-21,25H,2-4,8-9,14-19H2,1H3,(H,29,35)/t20-,25?/m1/s1. The Balaban J connectivity index is 1.33. The topological polar surface area (TPSA) is 73.0 Å². The van der Waals surface area contributed by atoms with E-state index in [9.17, 15) is 14.4 Å². The summed E-state index contributed by atoms with van der Waals surface area (Å²) in [7, 11) is 0. The lowest BCUT2D eigenvalue weighted by Crippen LogP contribution is -2.62. The summed E-state index contributed by atoms with van der Waals surface area (Å²) in [5.74, 6) is 0.395. The van der Waals surface area contributed by atoms with Crippen LogP contribution >= 0.6 is 0 Å². The second-order valence-corrected chi connectivity index (χ2v) is 10.4. The van der Waals surface area contributed by atoms with Crippen LogP contribution in [0.5, 0.6) is 0 Å². The van der Waals surface area contributed by atoms with E-state index in [-0.39, 0.29) is 23.8 Å². The van der Waals surface area contributed by atoms with Gasteiger partial charge >= 0.3 is 6.03 Å². The molecule has 35 heavy (non-hydrogen) atoms. The fourth-order valence-electron chi connectivity index (χ4n) is 6.04. The number of hydrogen-bond acceptors (Lipinski definition) is 3. The molecule has 0 bridgehead atoms. The van der Waals surface area contributed by atoms with E-state index in [1.165, 1.54) is 19.3 Å².